The fourth-order valence-corrected chi connectivity index (χ4v) is 2.09. The third kappa shape index (κ3) is 3.25. The van der Waals surface area contributed by atoms with Gasteiger partial charge in [0.15, 0.2) is 0 Å². The molecular weight excluding hydrogens is 218 g/mol. The summed E-state index contributed by atoms with van der Waals surface area (Å²) in [5.74, 6) is 0. The zero-order valence-electron chi connectivity index (χ0n) is 9.71. The molecule has 2 N–H and O–H groups in total. The molecular formula is C12H17N3O2. The Bertz CT molecular complexity index is 383. The van der Waals surface area contributed by atoms with Crippen molar-refractivity contribution in [1.82, 2.24) is 4.90 Å². The topological polar surface area (TPSA) is 72.4 Å². The van der Waals surface area contributed by atoms with Gasteiger partial charge in [-0.3, -0.25) is 15.0 Å². The standard InChI is InChI=1S/C12H17N3O2/c13-11-5-7-14(8-6-11)9-10-1-3-12(4-2-10)15(16)17/h1-4,11H,5-9,13H2. The van der Waals surface area contributed by atoms with Gasteiger partial charge in [-0.15, -0.1) is 0 Å². The summed E-state index contributed by atoms with van der Waals surface area (Å²) in [6.45, 7) is 2.88. The number of rotatable bonds is 3. The van der Waals surface area contributed by atoms with E-state index in [1.165, 1.54) is 0 Å². The number of nitrogens with two attached hydrogens (primary N) is 1. The lowest BCUT2D eigenvalue weighted by atomic mass is 10.1. The van der Waals surface area contributed by atoms with E-state index in [1.807, 2.05) is 12.1 Å². The van der Waals surface area contributed by atoms with Crippen molar-refractivity contribution in [2.75, 3.05) is 13.1 Å². The number of piperidine rings is 1. The Hall–Kier alpha value is -1.46. The highest BCUT2D eigenvalue weighted by atomic mass is 16.6. The Labute approximate surface area is 100 Å². The van der Waals surface area contributed by atoms with Crippen LogP contribution in [0, 0.1) is 10.1 Å². The molecule has 17 heavy (non-hydrogen) atoms. The Kier molecular flexibility index (Phi) is 3.71. The lowest BCUT2D eigenvalue weighted by molar-refractivity contribution is -0.384. The highest BCUT2D eigenvalue weighted by Crippen LogP contribution is 2.16. The van der Waals surface area contributed by atoms with Crippen LogP contribution >= 0.6 is 0 Å². The Balaban J connectivity index is 1.92. The van der Waals surface area contributed by atoms with E-state index in [0.717, 1.165) is 38.0 Å². The smallest absolute Gasteiger partial charge is 0.269 e. The summed E-state index contributed by atoms with van der Waals surface area (Å²) < 4.78 is 0. The van der Waals surface area contributed by atoms with E-state index in [2.05, 4.69) is 4.90 Å². The third-order valence-electron chi connectivity index (χ3n) is 3.19. The van der Waals surface area contributed by atoms with E-state index < -0.39 is 0 Å². The molecule has 0 spiro atoms. The summed E-state index contributed by atoms with van der Waals surface area (Å²) in [6, 6.07) is 7.11. The highest BCUT2D eigenvalue weighted by Gasteiger charge is 2.16. The number of likely N-dealkylation sites (tertiary alicyclic amines) is 1. The predicted molar refractivity (Wildman–Crippen MR) is 65.6 cm³/mol. The van der Waals surface area contributed by atoms with Crippen LogP contribution in [0.2, 0.25) is 0 Å². The molecule has 0 amide bonds. The molecule has 0 bridgehead atoms. The first kappa shape index (κ1) is 12.0. The Morgan fingerprint density at radius 1 is 1.29 bits per heavy atom. The minimum absolute atomic E-state index is 0.148. The van der Waals surface area contributed by atoms with Crippen LogP contribution in [-0.2, 0) is 6.54 Å². The van der Waals surface area contributed by atoms with E-state index >= 15 is 0 Å². The van der Waals surface area contributed by atoms with E-state index in [-0.39, 0.29) is 10.6 Å². The maximum atomic E-state index is 10.5. The van der Waals surface area contributed by atoms with Gasteiger partial charge in [0.1, 0.15) is 0 Å². The van der Waals surface area contributed by atoms with Crippen LogP contribution < -0.4 is 5.73 Å². The molecule has 0 saturated carbocycles. The van der Waals surface area contributed by atoms with Gasteiger partial charge in [-0.1, -0.05) is 12.1 Å². The Morgan fingerprint density at radius 2 is 1.88 bits per heavy atom. The maximum absolute atomic E-state index is 10.5. The molecule has 1 saturated heterocycles. The first-order valence-electron chi connectivity index (χ1n) is 5.86. The molecule has 0 atom stereocenters. The summed E-state index contributed by atoms with van der Waals surface area (Å²) in [7, 11) is 0. The second-order valence-corrected chi connectivity index (χ2v) is 4.54. The monoisotopic (exact) mass is 235 g/mol. The summed E-state index contributed by atoms with van der Waals surface area (Å²) in [5, 5.41) is 10.5. The van der Waals surface area contributed by atoms with Gasteiger partial charge in [0.2, 0.25) is 0 Å². The number of hydrogen-bond donors (Lipinski definition) is 1. The zero-order valence-corrected chi connectivity index (χ0v) is 9.71. The van der Waals surface area contributed by atoms with E-state index in [0.29, 0.717) is 6.04 Å². The average molecular weight is 235 g/mol. The van der Waals surface area contributed by atoms with Crippen LogP contribution in [-0.4, -0.2) is 29.0 Å². The summed E-state index contributed by atoms with van der Waals surface area (Å²) in [4.78, 5) is 12.5. The van der Waals surface area contributed by atoms with Gasteiger partial charge in [0.25, 0.3) is 5.69 Å². The first-order valence-corrected chi connectivity index (χ1v) is 5.86. The fourth-order valence-electron chi connectivity index (χ4n) is 2.09. The molecule has 1 heterocycles. The van der Waals surface area contributed by atoms with Crippen molar-refractivity contribution in [1.29, 1.82) is 0 Å². The van der Waals surface area contributed by atoms with Gasteiger partial charge < -0.3 is 5.73 Å². The van der Waals surface area contributed by atoms with Crippen LogP contribution in [0.25, 0.3) is 0 Å². The normalized spacial score (nSPS) is 18.2. The zero-order chi connectivity index (χ0) is 12.3. The summed E-state index contributed by atoms with van der Waals surface area (Å²) >= 11 is 0. The van der Waals surface area contributed by atoms with Crippen molar-refractivity contribution < 1.29 is 4.92 Å². The SMILES string of the molecule is NC1CCN(Cc2ccc([N+](=O)[O-])cc2)CC1. The number of nitro benzene ring substituents is 1. The van der Waals surface area contributed by atoms with Gasteiger partial charge in [0, 0.05) is 24.7 Å². The lowest BCUT2D eigenvalue weighted by Crippen LogP contribution is -2.39. The van der Waals surface area contributed by atoms with Crippen molar-refractivity contribution in [2.45, 2.75) is 25.4 Å². The third-order valence-corrected chi connectivity index (χ3v) is 3.19. The fraction of sp³-hybridized carbons (Fsp3) is 0.500. The number of nitro groups is 1. The minimum Gasteiger partial charge on any atom is -0.328 e. The van der Waals surface area contributed by atoms with Crippen molar-refractivity contribution >= 4 is 5.69 Å². The quantitative estimate of drug-likeness (QED) is 0.636. The largest absolute Gasteiger partial charge is 0.328 e. The summed E-state index contributed by atoms with van der Waals surface area (Å²) in [6.07, 6.45) is 2.07. The maximum Gasteiger partial charge on any atom is 0.269 e. The molecule has 0 aromatic heterocycles. The van der Waals surface area contributed by atoms with Gasteiger partial charge in [-0.05, 0) is 31.5 Å². The molecule has 1 fully saturated rings. The highest BCUT2D eigenvalue weighted by molar-refractivity contribution is 5.32. The average Bonchev–Trinajstić information content (AvgIpc) is 2.33. The van der Waals surface area contributed by atoms with Crippen molar-refractivity contribution in [2.24, 2.45) is 5.73 Å². The van der Waals surface area contributed by atoms with Gasteiger partial charge in [-0.2, -0.15) is 0 Å². The summed E-state index contributed by atoms with van der Waals surface area (Å²) in [5.41, 5.74) is 7.11. The molecule has 1 aliphatic heterocycles. The molecule has 5 nitrogen and oxygen atoms in total. The molecule has 0 radical (unpaired) electrons. The number of nitrogens with zero attached hydrogens (tertiary/aromatic N) is 2. The van der Waals surface area contributed by atoms with Crippen molar-refractivity contribution in [3.05, 3.63) is 39.9 Å². The van der Waals surface area contributed by atoms with Gasteiger partial charge in [0.05, 0.1) is 4.92 Å². The van der Waals surface area contributed by atoms with Crippen LogP contribution in [0.4, 0.5) is 5.69 Å². The lowest BCUT2D eigenvalue weighted by Gasteiger charge is -2.29. The van der Waals surface area contributed by atoms with Crippen LogP contribution in [0.15, 0.2) is 24.3 Å². The minimum atomic E-state index is -0.371. The van der Waals surface area contributed by atoms with E-state index in [9.17, 15) is 10.1 Å². The molecule has 1 aliphatic rings. The van der Waals surface area contributed by atoms with Crippen molar-refractivity contribution in [3.8, 4) is 0 Å². The van der Waals surface area contributed by atoms with E-state index in [4.69, 9.17) is 5.73 Å². The molecule has 1 aromatic rings. The predicted octanol–water partition coefficient (Wildman–Crippen LogP) is 1.52. The van der Waals surface area contributed by atoms with Crippen molar-refractivity contribution in [3.63, 3.8) is 0 Å². The number of hydrogen-bond acceptors (Lipinski definition) is 4. The number of non-ortho nitro benzene ring substituents is 1. The second-order valence-electron chi connectivity index (χ2n) is 4.54. The molecule has 1 aromatic carbocycles. The van der Waals surface area contributed by atoms with Crippen LogP contribution in [0.3, 0.4) is 0 Å². The van der Waals surface area contributed by atoms with Crippen LogP contribution in [0.5, 0.6) is 0 Å². The van der Waals surface area contributed by atoms with Gasteiger partial charge >= 0.3 is 0 Å². The molecule has 0 unspecified atom stereocenters. The Morgan fingerprint density at radius 3 is 2.41 bits per heavy atom. The molecule has 0 aliphatic carbocycles. The van der Waals surface area contributed by atoms with E-state index in [1.54, 1.807) is 12.1 Å². The second kappa shape index (κ2) is 5.25. The van der Waals surface area contributed by atoms with Crippen LogP contribution in [0.1, 0.15) is 18.4 Å². The molecule has 92 valence electrons. The molecule has 2 rings (SSSR count). The van der Waals surface area contributed by atoms with Gasteiger partial charge in [-0.25, -0.2) is 0 Å². The first-order chi connectivity index (χ1) is 8.15. The number of benzene rings is 1. The molecule has 5 heteroatoms.